The third-order valence-corrected chi connectivity index (χ3v) is 6.57. The minimum Gasteiger partial charge on any atom is -0.423 e. The number of fused-ring (bicyclic) bond motifs is 1. The normalized spacial score (nSPS) is 20.1. The average molecular weight is 350 g/mol. The van der Waals surface area contributed by atoms with Crippen molar-refractivity contribution in [2.24, 2.45) is 0 Å². The largest absolute Gasteiger partial charge is 0.423 e. The van der Waals surface area contributed by atoms with Gasteiger partial charge in [-0.3, -0.25) is 0 Å². The lowest BCUT2D eigenvalue weighted by atomic mass is 9.95. The van der Waals surface area contributed by atoms with E-state index in [1.807, 2.05) is 18.3 Å². The van der Waals surface area contributed by atoms with Crippen LogP contribution in [0.4, 0.5) is 0 Å². The van der Waals surface area contributed by atoms with Crippen molar-refractivity contribution < 1.29 is 18.2 Å². The number of hydrogen-bond acceptors (Lipinski definition) is 4. The first kappa shape index (κ1) is 17.2. The standard InChI is InChI=1S/C18H23NO4S/c1-11(2)15-8-16-13(7-18(20)23-17(16)6-12(15)3)9-19-14-4-5-24(21,22)10-14/h6-8,11,14,19H,4-5,9-10H2,1-3H3/p+1/t14-/m1/s1. The highest BCUT2D eigenvalue weighted by Gasteiger charge is 2.30. The lowest BCUT2D eigenvalue weighted by Gasteiger charge is -2.13. The van der Waals surface area contributed by atoms with Gasteiger partial charge in [0.1, 0.15) is 23.9 Å². The van der Waals surface area contributed by atoms with E-state index in [4.69, 9.17) is 4.42 Å². The number of hydrogen-bond donors (Lipinski definition) is 1. The molecule has 130 valence electrons. The molecule has 0 radical (unpaired) electrons. The summed E-state index contributed by atoms with van der Waals surface area (Å²) in [5.41, 5.74) is 3.51. The van der Waals surface area contributed by atoms with Crippen LogP contribution in [0.2, 0.25) is 0 Å². The topological polar surface area (TPSA) is 81.0 Å². The zero-order chi connectivity index (χ0) is 17.5. The Morgan fingerprint density at radius 2 is 2.04 bits per heavy atom. The van der Waals surface area contributed by atoms with Crippen LogP contribution in [-0.2, 0) is 16.4 Å². The highest BCUT2D eigenvalue weighted by atomic mass is 32.2. The maximum atomic E-state index is 11.9. The molecular formula is C18H24NO4S+. The van der Waals surface area contributed by atoms with Gasteiger partial charge in [-0.25, -0.2) is 13.2 Å². The summed E-state index contributed by atoms with van der Waals surface area (Å²) in [5, 5.41) is 2.98. The molecule has 0 amide bonds. The predicted molar refractivity (Wildman–Crippen MR) is 94.0 cm³/mol. The molecule has 1 aliphatic heterocycles. The van der Waals surface area contributed by atoms with Crippen molar-refractivity contribution >= 4 is 20.8 Å². The number of quaternary nitrogens is 1. The Morgan fingerprint density at radius 3 is 2.67 bits per heavy atom. The molecule has 1 aliphatic rings. The Hall–Kier alpha value is -1.66. The summed E-state index contributed by atoms with van der Waals surface area (Å²) >= 11 is 0. The smallest absolute Gasteiger partial charge is 0.336 e. The summed E-state index contributed by atoms with van der Waals surface area (Å²) in [6.07, 6.45) is 0.679. The fourth-order valence-electron chi connectivity index (χ4n) is 3.49. The molecule has 3 rings (SSSR count). The van der Waals surface area contributed by atoms with Gasteiger partial charge in [0.2, 0.25) is 0 Å². The van der Waals surface area contributed by atoms with Crippen molar-refractivity contribution in [3.63, 3.8) is 0 Å². The lowest BCUT2D eigenvalue weighted by molar-refractivity contribution is -0.699. The summed E-state index contributed by atoms with van der Waals surface area (Å²) in [5.74, 6) is 0.878. The first-order valence-corrected chi connectivity index (χ1v) is 10.2. The molecule has 5 nitrogen and oxygen atoms in total. The highest BCUT2D eigenvalue weighted by Crippen LogP contribution is 2.26. The second kappa shape index (κ2) is 6.33. The van der Waals surface area contributed by atoms with Gasteiger partial charge in [0.15, 0.2) is 9.84 Å². The van der Waals surface area contributed by atoms with Crippen LogP contribution < -0.4 is 10.9 Å². The number of sulfone groups is 1. The fourth-order valence-corrected chi connectivity index (χ4v) is 5.27. The van der Waals surface area contributed by atoms with Gasteiger partial charge in [-0.1, -0.05) is 13.8 Å². The van der Waals surface area contributed by atoms with Crippen molar-refractivity contribution in [1.82, 2.24) is 0 Å². The van der Waals surface area contributed by atoms with Gasteiger partial charge in [0, 0.05) is 23.4 Å². The molecule has 6 heteroatoms. The van der Waals surface area contributed by atoms with Crippen LogP contribution in [0, 0.1) is 6.92 Å². The minimum atomic E-state index is -2.89. The maximum absolute atomic E-state index is 11.9. The van der Waals surface area contributed by atoms with Crippen LogP contribution in [0.15, 0.2) is 27.4 Å². The van der Waals surface area contributed by atoms with Crippen LogP contribution in [0.3, 0.4) is 0 Å². The maximum Gasteiger partial charge on any atom is 0.336 e. The zero-order valence-electron chi connectivity index (χ0n) is 14.3. The molecule has 24 heavy (non-hydrogen) atoms. The fraction of sp³-hybridized carbons (Fsp3) is 0.500. The van der Waals surface area contributed by atoms with Crippen molar-refractivity contribution in [2.45, 2.75) is 45.7 Å². The molecular weight excluding hydrogens is 326 g/mol. The van der Waals surface area contributed by atoms with Gasteiger partial charge in [-0.05, 0) is 36.1 Å². The van der Waals surface area contributed by atoms with E-state index in [-0.39, 0.29) is 23.2 Å². The summed E-state index contributed by atoms with van der Waals surface area (Å²) in [6, 6.07) is 5.64. The van der Waals surface area contributed by atoms with Crippen molar-refractivity contribution in [3.8, 4) is 0 Å². The quantitative estimate of drug-likeness (QED) is 0.847. The molecule has 1 fully saturated rings. The van der Waals surface area contributed by atoms with Crippen molar-refractivity contribution in [2.75, 3.05) is 11.5 Å². The van der Waals surface area contributed by atoms with E-state index in [0.717, 1.165) is 16.5 Å². The van der Waals surface area contributed by atoms with Gasteiger partial charge in [0.25, 0.3) is 0 Å². The Bertz CT molecular complexity index is 928. The van der Waals surface area contributed by atoms with Gasteiger partial charge in [0.05, 0.1) is 5.75 Å². The molecule has 0 spiro atoms. The van der Waals surface area contributed by atoms with E-state index in [1.165, 1.54) is 11.6 Å². The SMILES string of the molecule is Cc1cc2oc(=O)cc(C[NH2+][C@@H]3CCS(=O)(=O)C3)c2cc1C(C)C. The monoisotopic (exact) mass is 350 g/mol. The lowest BCUT2D eigenvalue weighted by Crippen LogP contribution is -2.89. The van der Waals surface area contributed by atoms with E-state index in [1.54, 1.807) is 0 Å². The van der Waals surface area contributed by atoms with Crippen molar-refractivity contribution in [3.05, 3.63) is 45.3 Å². The predicted octanol–water partition coefficient (Wildman–Crippen LogP) is 1.48. The first-order valence-electron chi connectivity index (χ1n) is 8.36. The van der Waals surface area contributed by atoms with E-state index < -0.39 is 9.84 Å². The molecule has 2 aromatic rings. The second-order valence-corrected chi connectivity index (χ2v) is 9.28. The zero-order valence-corrected chi connectivity index (χ0v) is 15.2. The van der Waals surface area contributed by atoms with Gasteiger partial charge in [-0.2, -0.15) is 0 Å². The Balaban J connectivity index is 1.94. The molecule has 0 aliphatic carbocycles. The van der Waals surface area contributed by atoms with Crippen LogP contribution in [0.25, 0.3) is 11.0 Å². The summed E-state index contributed by atoms with van der Waals surface area (Å²) in [6.45, 7) is 6.89. The van der Waals surface area contributed by atoms with E-state index >= 15 is 0 Å². The number of aryl methyl sites for hydroxylation is 1. The van der Waals surface area contributed by atoms with Gasteiger partial charge >= 0.3 is 5.63 Å². The van der Waals surface area contributed by atoms with Gasteiger partial charge in [-0.15, -0.1) is 0 Å². The molecule has 0 unspecified atom stereocenters. The van der Waals surface area contributed by atoms with Crippen LogP contribution in [0.1, 0.15) is 42.9 Å². The molecule has 0 bridgehead atoms. The van der Waals surface area contributed by atoms with Crippen LogP contribution in [-0.4, -0.2) is 26.0 Å². The van der Waals surface area contributed by atoms with Crippen molar-refractivity contribution in [1.29, 1.82) is 0 Å². The van der Waals surface area contributed by atoms with E-state index in [0.29, 0.717) is 24.5 Å². The molecule has 2 heterocycles. The average Bonchev–Trinajstić information content (AvgIpc) is 2.82. The second-order valence-electron chi connectivity index (χ2n) is 7.05. The Kier molecular flexibility index (Phi) is 4.53. The molecule has 2 N–H and O–H groups in total. The number of rotatable bonds is 4. The van der Waals surface area contributed by atoms with Gasteiger partial charge < -0.3 is 9.73 Å². The molecule has 1 saturated heterocycles. The third kappa shape index (κ3) is 3.54. The summed E-state index contributed by atoms with van der Waals surface area (Å²) in [7, 11) is -2.89. The van der Waals surface area contributed by atoms with Crippen LogP contribution >= 0.6 is 0 Å². The number of benzene rings is 1. The van der Waals surface area contributed by atoms with E-state index in [9.17, 15) is 13.2 Å². The summed E-state index contributed by atoms with van der Waals surface area (Å²) < 4.78 is 28.5. The molecule has 0 saturated carbocycles. The van der Waals surface area contributed by atoms with Crippen LogP contribution in [0.5, 0.6) is 0 Å². The summed E-state index contributed by atoms with van der Waals surface area (Å²) in [4.78, 5) is 11.9. The Morgan fingerprint density at radius 1 is 1.29 bits per heavy atom. The van der Waals surface area contributed by atoms with E-state index in [2.05, 4.69) is 19.9 Å². The highest BCUT2D eigenvalue weighted by molar-refractivity contribution is 7.91. The third-order valence-electron chi connectivity index (χ3n) is 4.78. The number of nitrogens with two attached hydrogens (primary N) is 1. The molecule has 1 aromatic carbocycles. The minimum absolute atomic E-state index is 0.0762. The molecule has 1 atom stereocenters. The first-order chi connectivity index (χ1) is 11.2. The Labute approximate surface area is 142 Å². The molecule has 1 aromatic heterocycles.